The van der Waals surface area contributed by atoms with E-state index in [9.17, 15) is 21.6 Å². The molecule has 0 heterocycles. The summed E-state index contributed by atoms with van der Waals surface area (Å²) in [6.07, 6.45) is -4.02. The SMILES string of the molecule is CS(=O)(=O)C#Cc1ccc(Br)cc1OC(F)(F)F. The summed E-state index contributed by atoms with van der Waals surface area (Å²) in [6, 6.07) is 3.71. The normalized spacial score (nSPS) is 11.6. The van der Waals surface area contributed by atoms with Crippen LogP contribution in [-0.4, -0.2) is 21.0 Å². The van der Waals surface area contributed by atoms with E-state index in [1.807, 2.05) is 5.25 Å². The molecule has 3 nitrogen and oxygen atoms in total. The minimum atomic E-state index is -4.87. The lowest BCUT2D eigenvalue weighted by Crippen LogP contribution is -2.17. The molecule has 0 amide bonds. The van der Waals surface area contributed by atoms with Crippen molar-refractivity contribution in [3.63, 3.8) is 0 Å². The van der Waals surface area contributed by atoms with Gasteiger partial charge in [-0.3, -0.25) is 0 Å². The number of rotatable bonds is 1. The highest BCUT2D eigenvalue weighted by atomic mass is 79.9. The topological polar surface area (TPSA) is 43.4 Å². The molecule has 0 aromatic heterocycles. The Labute approximate surface area is 110 Å². The van der Waals surface area contributed by atoms with Crippen LogP contribution in [0.1, 0.15) is 5.56 Å². The Morgan fingerprint density at radius 3 is 2.44 bits per heavy atom. The standard InChI is InChI=1S/C10H6BrF3O3S/c1-18(15,16)5-4-7-2-3-8(11)6-9(7)17-10(12,13)14/h2-3,6H,1H3. The van der Waals surface area contributed by atoms with Crippen LogP contribution in [0, 0.1) is 11.2 Å². The van der Waals surface area contributed by atoms with Crippen LogP contribution in [0.5, 0.6) is 5.75 Å². The van der Waals surface area contributed by atoms with Gasteiger partial charge in [-0.25, -0.2) is 8.42 Å². The third-order valence-corrected chi connectivity index (χ3v) is 2.51. The van der Waals surface area contributed by atoms with E-state index < -0.39 is 21.9 Å². The maximum Gasteiger partial charge on any atom is 0.573 e. The van der Waals surface area contributed by atoms with Gasteiger partial charge in [0.1, 0.15) is 5.75 Å². The van der Waals surface area contributed by atoms with E-state index >= 15 is 0 Å². The summed E-state index contributed by atoms with van der Waals surface area (Å²) in [5.74, 6) is 1.56. The van der Waals surface area contributed by atoms with Gasteiger partial charge in [0.2, 0.25) is 9.84 Å². The quantitative estimate of drug-likeness (QED) is 0.737. The average Bonchev–Trinajstić information content (AvgIpc) is 2.12. The van der Waals surface area contributed by atoms with Crippen molar-refractivity contribution in [3.05, 3.63) is 28.2 Å². The number of sulfone groups is 1. The summed E-state index contributed by atoms with van der Waals surface area (Å²) in [5, 5.41) is 1.84. The highest BCUT2D eigenvalue weighted by Gasteiger charge is 2.32. The number of hydrogen-bond acceptors (Lipinski definition) is 3. The Kier molecular flexibility index (Phi) is 4.29. The minimum absolute atomic E-state index is 0.166. The van der Waals surface area contributed by atoms with Crippen molar-refractivity contribution in [3.8, 4) is 16.9 Å². The summed E-state index contributed by atoms with van der Waals surface area (Å²) in [7, 11) is -3.60. The molecule has 0 fully saturated rings. The lowest BCUT2D eigenvalue weighted by atomic mass is 10.2. The van der Waals surface area contributed by atoms with Gasteiger partial charge in [0.15, 0.2) is 0 Å². The third kappa shape index (κ3) is 5.42. The summed E-state index contributed by atoms with van der Waals surface area (Å²) >= 11 is 2.98. The molecule has 0 N–H and O–H groups in total. The second-order valence-electron chi connectivity index (χ2n) is 3.19. The molecule has 0 aliphatic rings. The highest BCUT2D eigenvalue weighted by molar-refractivity contribution is 9.10. The molecule has 0 aliphatic carbocycles. The van der Waals surface area contributed by atoms with E-state index in [-0.39, 0.29) is 5.56 Å². The second kappa shape index (κ2) is 5.20. The fraction of sp³-hybridized carbons (Fsp3) is 0.200. The average molecular weight is 343 g/mol. The van der Waals surface area contributed by atoms with Gasteiger partial charge in [-0.1, -0.05) is 15.9 Å². The van der Waals surface area contributed by atoms with Crippen molar-refractivity contribution in [2.24, 2.45) is 0 Å². The van der Waals surface area contributed by atoms with E-state index in [1.165, 1.54) is 12.1 Å². The maximum absolute atomic E-state index is 12.1. The maximum atomic E-state index is 12.1. The van der Waals surface area contributed by atoms with Gasteiger partial charge in [-0.2, -0.15) is 0 Å². The van der Waals surface area contributed by atoms with Gasteiger partial charge < -0.3 is 4.74 Å². The summed E-state index contributed by atoms with van der Waals surface area (Å²) in [4.78, 5) is 0. The Bertz CT molecular complexity index is 611. The van der Waals surface area contributed by atoms with E-state index in [1.54, 1.807) is 0 Å². The molecule has 18 heavy (non-hydrogen) atoms. The van der Waals surface area contributed by atoms with Crippen LogP contribution in [-0.2, 0) is 9.84 Å². The van der Waals surface area contributed by atoms with Crippen LogP contribution < -0.4 is 4.74 Å². The van der Waals surface area contributed by atoms with Gasteiger partial charge in [-0.15, -0.1) is 13.2 Å². The predicted octanol–water partition coefficient (Wildman–Crippen LogP) is 2.70. The molecule has 0 saturated carbocycles. The monoisotopic (exact) mass is 342 g/mol. The Balaban J connectivity index is 3.23. The molecular weight excluding hydrogens is 337 g/mol. The van der Waals surface area contributed by atoms with Gasteiger partial charge in [0, 0.05) is 9.73 Å². The van der Waals surface area contributed by atoms with E-state index in [0.717, 1.165) is 12.3 Å². The number of hydrogen-bond donors (Lipinski definition) is 0. The first-order valence-electron chi connectivity index (χ1n) is 4.35. The van der Waals surface area contributed by atoms with E-state index in [0.29, 0.717) is 4.47 Å². The molecule has 98 valence electrons. The number of alkyl halides is 3. The van der Waals surface area contributed by atoms with Gasteiger partial charge >= 0.3 is 6.36 Å². The largest absolute Gasteiger partial charge is 0.573 e. The molecule has 0 atom stereocenters. The van der Waals surface area contributed by atoms with Crippen molar-refractivity contribution in [2.75, 3.05) is 6.26 Å². The number of ether oxygens (including phenoxy) is 1. The smallest absolute Gasteiger partial charge is 0.404 e. The van der Waals surface area contributed by atoms with Crippen LogP contribution in [0.3, 0.4) is 0 Å². The lowest BCUT2D eigenvalue weighted by molar-refractivity contribution is -0.274. The van der Waals surface area contributed by atoms with Crippen LogP contribution in [0.15, 0.2) is 22.7 Å². The molecule has 0 saturated heterocycles. The van der Waals surface area contributed by atoms with Crippen LogP contribution in [0.4, 0.5) is 13.2 Å². The summed E-state index contributed by atoms with van der Waals surface area (Å²) in [6.45, 7) is 0. The molecule has 1 rings (SSSR count). The zero-order chi connectivity index (χ0) is 14.0. The van der Waals surface area contributed by atoms with Crippen molar-refractivity contribution in [1.82, 2.24) is 0 Å². The highest BCUT2D eigenvalue weighted by Crippen LogP contribution is 2.28. The first kappa shape index (κ1) is 14.9. The lowest BCUT2D eigenvalue weighted by Gasteiger charge is -2.10. The van der Waals surface area contributed by atoms with Gasteiger partial charge in [0.05, 0.1) is 11.8 Å². The van der Waals surface area contributed by atoms with Crippen LogP contribution in [0.25, 0.3) is 0 Å². The first-order valence-corrected chi connectivity index (χ1v) is 7.03. The Morgan fingerprint density at radius 2 is 1.94 bits per heavy atom. The van der Waals surface area contributed by atoms with Crippen molar-refractivity contribution in [1.29, 1.82) is 0 Å². The zero-order valence-corrected chi connectivity index (χ0v) is 11.3. The molecule has 0 bridgehead atoms. The number of benzene rings is 1. The van der Waals surface area contributed by atoms with Gasteiger partial charge in [-0.05, 0) is 24.1 Å². The zero-order valence-electron chi connectivity index (χ0n) is 8.88. The summed E-state index contributed by atoms with van der Waals surface area (Å²) < 4.78 is 62.1. The molecule has 8 heteroatoms. The Hall–Kier alpha value is -1.20. The van der Waals surface area contributed by atoms with Crippen LogP contribution >= 0.6 is 15.9 Å². The van der Waals surface area contributed by atoms with Crippen molar-refractivity contribution < 1.29 is 26.3 Å². The Morgan fingerprint density at radius 1 is 1.33 bits per heavy atom. The number of halogens is 4. The first-order chi connectivity index (χ1) is 8.07. The predicted molar refractivity (Wildman–Crippen MR) is 62.5 cm³/mol. The molecular formula is C10H6BrF3O3S. The second-order valence-corrected chi connectivity index (χ2v) is 5.85. The molecule has 1 aromatic carbocycles. The molecule has 1 aromatic rings. The van der Waals surface area contributed by atoms with Crippen LogP contribution in [0.2, 0.25) is 0 Å². The van der Waals surface area contributed by atoms with Gasteiger partial charge in [0.25, 0.3) is 0 Å². The summed E-state index contributed by atoms with van der Waals surface area (Å²) in [5.41, 5.74) is -0.166. The molecule has 0 spiro atoms. The molecule has 0 radical (unpaired) electrons. The fourth-order valence-corrected chi connectivity index (χ4v) is 1.59. The third-order valence-electron chi connectivity index (χ3n) is 1.54. The van der Waals surface area contributed by atoms with Crippen molar-refractivity contribution in [2.45, 2.75) is 6.36 Å². The van der Waals surface area contributed by atoms with E-state index in [2.05, 4.69) is 26.6 Å². The van der Waals surface area contributed by atoms with Crippen molar-refractivity contribution >= 4 is 25.8 Å². The van der Waals surface area contributed by atoms with E-state index in [4.69, 9.17) is 0 Å². The molecule has 0 aliphatic heterocycles. The molecule has 0 unspecified atom stereocenters. The fourth-order valence-electron chi connectivity index (χ4n) is 0.956. The minimum Gasteiger partial charge on any atom is -0.404 e.